The van der Waals surface area contributed by atoms with Gasteiger partial charge in [-0.3, -0.25) is 4.79 Å². The van der Waals surface area contributed by atoms with E-state index in [1.807, 2.05) is 0 Å². The van der Waals surface area contributed by atoms with E-state index >= 15 is 0 Å². The minimum absolute atomic E-state index is 0.102. The average molecular weight is 457 g/mol. The number of hydrogen-bond donors (Lipinski definition) is 4. The first-order chi connectivity index (χ1) is 15.2. The normalized spacial score (nSPS) is 11.6. The Hall–Kier alpha value is -3.85. The van der Waals surface area contributed by atoms with Crippen LogP contribution in [0.4, 0.5) is 16.2 Å². The van der Waals surface area contributed by atoms with Crippen molar-refractivity contribution >= 4 is 40.9 Å². The molecule has 166 valence electrons. The Balaban J connectivity index is 1.62. The van der Waals surface area contributed by atoms with Gasteiger partial charge >= 0.3 is 12.0 Å². The maximum absolute atomic E-state index is 12.3. The summed E-state index contributed by atoms with van der Waals surface area (Å²) in [6, 6.07) is 13.4. The van der Waals surface area contributed by atoms with Gasteiger partial charge in [-0.25, -0.2) is 9.59 Å². The van der Waals surface area contributed by atoms with Gasteiger partial charge in [-0.2, -0.15) is 0 Å². The van der Waals surface area contributed by atoms with Crippen LogP contribution in [0, 0.1) is 5.92 Å². The van der Waals surface area contributed by atoms with Crippen molar-refractivity contribution in [3.63, 3.8) is 0 Å². The Morgan fingerprint density at radius 1 is 1.00 bits per heavy atom. The van der Waals surface area contributed by atoms with Crippen LogP contribution < -0.4 is 16.0 Å². The number of aliphatic carboxylic acids is 1. The second kappa shape index (κ2) is 9.97. The van der Waals surface area contributed by atoms with Crippen molar-refractivity contribution in [1.29, 1.82) is 0 Å². The molecule has 3 aromatic rings. The van der Waals surface area contributed by atoms with Gasteiger partial charge in [-0.1, -0.05) is 48.8 Å². The summed E-state index contributed by atoms with van der Waals surface area (Å²) in [5, 5.41) is 21.4. The van der Waals surface area contributed by atoms with Crippen molar-refractivity contribution in [3.8, 4) is 11.3 Å². The van der Waals surface area contributed by atoms with E-state index in [0.717, 1.165) is 0 Å². The summed E-state index contributed by atoms with van der Waals surface area (Å²) in [7, 11) is 0. The first kappa shape index (κ1) is 22.8. The van der Waals surface area contributed by atoms with E-state index in [9.17, 15) is 19.5 Å². The van der Waals surface area contributed by atoms with Gasteiger partial charge in [-0.15, -0.1) is 0 Å². The lowest BCUT2D eigenvalue weighted by Gasteiger charge is -2.16. The lowest BCUT2D eigenvalue weighted by Crippen LogP contribution is -2.44. The van der Waals surface area contributed by atoms with Crippen LogP contribution in [0.15, 0.2) is 59.1 Å². The highest BCUT2D eigenvalue weighted by atomic mass is 35.5. The van der Waals surface area contributed by atoms with Crippen LogP contribution in [0.2, 0.25) is 5.02 Å². The van der Waals surface area contributed by atoms with Crippen LogP contribution >= 0.6 is 11.6 Å². The van der Waals surface area contributed by atoms with Gasteiger partial charge in [0.1, 0.15) is 11.7 Å². The lowest BCUT2D eigenvalue weighted by atomic mass is 10.0. The molecular formula is C22H21ClN4O5. The first-order valence-corrected chi connectivity index (χ1v) is 10.0. The summed E-state index contributed by atoms with van der Waals surface area (Å²) >= 11 is 5.90. The molecule has 32 heavy (non-hydrogen) atoms. The number of carbonyl (C=O) groups is 3. The van der Waals surface area contributed by atoms with Gasteiger partial charge < -0.3 is 25.6 Å². The molecule has 3 amide bonds. The van der Waals surface area contributed by atoms with Gasteiger partial charge in [0.2, 0.25) is 5.76 Å². The number of amides is 3. The van der Waals surface area contributed by atoms with E-state index in [2.05, 4.69) is 21.1 Å². The molecule has 0 aliphatic carbocycles. The zero-order valence-electron chi connectivity index (χ0n) is 17.3. The SMILES string of the molecule is CC(C)[C@H](NC(=O)c1cc(-c2ccc(NC(=O)Nc3cccc(Cl)c3)cc2)no1)C(=O)O. The quantitative estimate of drug-likeness (QED) is 0.414. The molecule has 2 aromatic carbocycles. The van der Waals surface area contributed by atoms with E-state index < -0.39 is 23.9 Å². The molecule has 0 aliphatic heterocycles. The molecule has 0 unspecified atom stereocenters. The number of nitrogens with zero attached hydrogens (tertiary/aromatic N) is 1. The van der Waals surface area contributed by atoms with Crippen molar-refractivity contribution in [2.75, 3.05) is 10.6 Å². The van der Waals surface area contributed by atoms with Crippen LogP contribution in [-0.2, 0) is 4.79 Å². The number of aromatic nitrogens is 1. The number of rotatable bonds is 7. The summed E-state index contributed by atoms with van der Waals surface area (Å²) in [4.78, 5) is 35.7. The molecule has 0 radical (unpaired) electrons. The van der Waals surface area contributed by atoms with Gasteiger partial charge in [0.05, 0.1) is 0 Å². The molecular weight excluding hydrogens is 436 g/mol. The maximum atomic E-state index is 12.3. The van der Waals surface area contributed by atoms with Crippen LogP contribution in [0.25, 0.3) is 11.3 Å². The summed E-state index contributed by atoms with van der Waals surface area (Å²) in [6.07, 6.45) is 0. The van der Waals surface area contributed by atoms with Gasteiger partial charge in [0, 0.05) is 28.0 Å². The molecule has 4 N–H and O–H groups in total. The molecule has 1 atom stereocenters. The standard InChI is InChI=1S/C22H21ClN4O5/c1-12(2)19(21(29)30)26-20(28)18-11-17(27-32-18)13-6-8-15(9-7-13)24-22(31)25-16-5-3-4-14(23)10-16/h3-12,19H,1-2H3,(H,26,28)(H,29,30)(H2,24,25,31)/t19-/m0/s1. The van der Waals surface area contributed by atoms with E-state index in [0.29, 0.717) is 27.7 Å². The van der Waals surface area contributed by atoms with E-state index in [-0.39, 0.29) is 11.7 Å². The third kappa shape index (κ3) is 5.86. The van der Waals surface area contributed by atoms with Crippen molar-refractivity contribution in [2.24, 2.45) is 5.92 Å². The minimum atomic E-state index is -1.13. The number of hydrogen-bond acceptors (Lipinski definition) is 5. The Labute approximate surface area is 188 Å². The zero-order valence-corrected chi connectivity index (χ0v) is 18.0. The average Bonchev–Trinajstić information content (AvgIpc) is 3.22. The largest absolute Gasteiger partial charge is 0.480 e. The predicted octanol–water partition coefficient (Wildman–Crippen LogP) is 4.48. The number of benzene rings is 2. The van der Waals surface area contributed by atoms with Crippen molar-refractivity contribution in [2.45, 2.75) is 19.9 Å². The first-order valence-electron chi connectivity index (χ1n) is 9.67. The Morgan fingerprint density at radius 2 is 1.69 bits per heavy atom. The number of carbonyl (C=O) groups excluding carboxylic acids is 2. The number of urea groups is 1. The van der Waals surface area contributed by atoms with Crippen molar-refractivity contribution in [3.05, 3.63) is 65.4 Å². The van der Waals surface area contributed by atoms with Crippen LogP contribution in [0.3, 0.4) is 0 Å². The molecule has 1 aromatic heterocycles. The van der Waals surface area contributed by atoms with E-state index in [4.69, 9.17) is 16.1 Å². The number of anilines is 2. The molecule has 0 saturated carbocycles. The smallest absolute Gasteiger partial charge is 0.326 e. The molecule has 3 rings (SSSR count). The fourth-order valence-electron chi connectivity index (χ4n) is 2.83. The third-order valence-electron chi connectivity index (χ3n) is 4.47. The minimum Gasteiger partial charge on any atom is -0.480 e. The lowest BCUT2D eigenvalue weighted by molar-refractivity contribution is -0.140. The van der Waals surface area contributed by atoms with E-state index in [1.165, 1.54) is 6.07 Å². The predicted molar refractivity (Wildman–Crippen MR) is 120 cm³/mol. The third-order valence-corrected chi connectivity index (χ3v) is 4.71. The van der Waals surface area contributed by atoms with Crippen LogP contribution in [0.1, 0.15) is 24.4 Å². The highest BCUT2D eigenvalue weighted by Gasteiger charge is 2.25. The summed E-state index contributed by atoms with van der Waals surface area (Å²) < 4.78 is 5.07. The number of carboxylic acid groups (broad SMARTS) is 1. The van der Waals surface area contributed by atoms with Crippen molar-refractivity contribution in [1.82, 2.24) is 10.5 Å². The summed E-state index contributed by atoms with van der Waals surface area (Å²) in [5.74, 6) is -2.19. The topological polar surface area (TPSA) is 134 Å². The van der Waals surface area contributed by atoms with Gasteiger partial charge in [0.15, 0.2) is 0 Å². The molecule has 0 fully saturated rings. The fourth-order valence-corrected chi connectivity index (χ4v) is 3.02. The maximum Gasteiger partial charge on any atom is 0.326 e. The van der Waals surface area contributed by atoms with E-state index in [1.54, 1.807) is 62.4 Å². The Morgan fingerprint density at radius 3 is 2.31 bits per heavy atom. The molecule has 0 aliphatic rings. The molecule has 9 nitrogen and oxygen atoms in total. The highest BCUT2D eigenvalue weighted by Crippen LogP contribution is 2.22. The number of halogens is 1. The zero-order chi connectivity index (χ0) is 23.3. The molecule has 1 heterocycles. The molecule has 0 bridgehead atoms. The monoisotopic (exact) mass is 456 g/mol. The molecule has 10 heteroatoms. The summed E-state index contributed by atoms with van der Waals surface area (Å²) in [5.41, 5.74) is 2.13. The number of nitrogens with one attached hydrogen (secondary N) is 3. The van der Waals surface area contributed by atoms with Crippen LogP contribution in [-0.4, -0.2) is 34.2 Å². The van der Waals surface area contributed by atoms with Gasteiger partial charge in [-0.05, 0) is 36.2 Å². The van der Waals surface area contributed by atoms with Gasteiger partial charge in [0.25, 0.3) is 5.91 Å². The second-order valence-corrected chi connectivity index (χ2v) is 7.71. The van der Waals surface area contributed by atoms with Crippen LogP contribution in [0.5, 0.6) is 0 Å². The summed E-state index contributed by atoms with van der Waals surface area (Å²) in [6.45, 7) is 3.38. The Kier molecular flexibility index (Phi) is 7.11. The highest BCUT2D eigenvalue weighted by molar-refractivity contribution is 6.30. The molecule has 0 saturated heterocycles. The second-order valence-electron chi connectivity index (χ2n) is 7.28. The number of carboxylic acids is 1. The fraction of sp³-hybridized carbons (Fsp3) is 0.182. The Bertz CT molecular complexity index is 1130. The molecule has 0 spiro atoms. The van der Waals surface area contributed by atoms with Crippen molar-refractivity contribution < 1.29 is 24.0 Å².